The second-order valence-electron chi connectivity index (χ2n) is 4.39. The largest absolute Gasteiger partial charge is 0.320 e. The highest BCUT2D eigenvalue weighted by Gasteiger charge is 2.29. The summed E-state index contributed by atoms with van der Waals surface area (Å²) in [6.07, 6.45) is 0. The number of rotatable bonds is 3. The molecule has 20 heavy (non-hydrogen) atoms. The summed E-state index contributed by atoms with van der Waals surface area (Å²) in [5.41, 5.74) is 4.96. The SMILES string of the molecule is CC(C)N(C)S(=O)(=O)c1c(F)cc(F)cc1C#CCN. The molecule has 0 unspecified atom stereocenters. The van der Waals surface area contributed by atoms with Gasteiger partial charge in [0.1, 0.15) is 16.5 Å². The van der Waals surface area contributed by atoms with Crippen LogP contribution < -0.4 is 5.73 Å². The molecule has 0 heterocycles. The lowest BCUT2D eigenvalue weighted by atomic mass is 10.2. The molecule has 0 aliphatic carbocycles. The van der Waals surface area contributed by atoms with Crippen molar-refractivity contribution in [1.29, 1.82) is 0 Å². The van der Waals surface area contributed by atoms with Crippen molar-refractivity contribution in [2.24, 2.45) is 5.73 Å². The van der Waals surface area contributed by atoms with Crippen LogP contribution in [0.3, 0.4) is 0 Å². The Morgan fingerprint density at radius 1 is 1.35 bits per heavy atom. The van der Waals surface area contributed by atoms with Gasteiger partial charge in [-0.25, -0.2) is 17.2 Å². The minimum Gasteiger partial charge on any atom is -0.320 e. The van der Waals surface area contributed by atoms with Gasteiger partial charge in [0, 0.05) is 19.2 Å². The van der Waals surface area contributed by atoms with Crippen LogP contribution in [-0.2, 0) is 10.0 Å². The number of nitrogens with two attached hydrogens (primary N) is 1. The Kier molecular flexibility index (Phi) is 5.22. The molecule has 1 aromatic rings. The quantitative estimate of drug-likeness (QED) is 0.856. The van der Waals surface area contributed by atoms with Crippen LogP contribution in [0.1, 0.15) is 19.4 Å². The van der Waals surface area contributed by atoms with Crippen LogP contribution in [0.4, 0.5) is 8.78 Å². The number of benzene rings is 1. The fourth-order valence-corrected chi connectivity index (χ4v) is 3.02. The van der Waals surface area contributed by atoms with E-state index in [-0.39, 0.29) is 18.2 Å². The van der Waals surface area contributed by atoms with Gasteiger partial charge in [-0.2, -0.15) is 4.31 Å². The summed E-state index contributed by atoms with van der Waals surface area (Å²) in [6.45, 7) is 3.24. The molecule has 0 bridgehead atoms. The van der Waals surface area contributed by atoms with Crippen LogP contribution >= 0.6 is 0 Å². The van der Waals surface area contributed by atoms with Crippen molar-refractivity contribution >= 4 is 10.0 Å². The molecular weight excluding hydrogens is 286 g/mol. The summed E-state index contributed by atoms with van der Waals surface area (Å²) in [5, 5.41) is 0. The lowest BCUT2D eigenvalue weighted by molar-refractivity contribution is 0.406. The average Bonchev–Trinajstić information content (AvgIpc) is 2.33. The maximum absolute atomic E-state index is 13.9. The minimum absolute atomic E-state index is 0.0440. The molecule has 0 spiro atoms. The van der Waals surface area contributed by atoms with Gasteiger partial charge in [0.2, 0.25) is 10.0 Å². The van der Waals surface area contributed by atoms with Gasteiger partial charge < -0.3 is 5.73 Å². The van der Waals surface area contributed by atoms with Gasteiger partial charge in [0.25, 0.3) is 0 Å². The van der Waals surface area contributed by atoms with E-state index in [1.54, 1.807) is 13.8 Å². The zero-order valence-corrected chi connectivity index (χ0v) is 12.3. The summed E-state index contributed by atoms with van der Waals surface area (Å²) in [6, 6.07) is 1.03. The van der Waals surface area contributed by atoms with Gasteiger partial charge in [-0.15, -0.1) is 0 Å². The first-order valence-corrected chi connectivity index (χ1v) is 7.31. The molecule has 0 amide bonds. The molecule has 0 saturated heterocycles. The normalized spacial score (nSPS) is 11.6. The summed E-state index contributed by atoms with van der Waals surface area (Å²) < 4.78 is 52.9. The number of halogens is 2. The van der Waals surface area contributed by atoms with Crippen molar-refractivity contribution in [1.82, 2.24) is 4.31 Å². The fourth-order valence-electron chi connectivity index (χ4n) is 1.48. The molecule has 0 aliphatic heterocycles. The Labute approximate surface area is 117 Å². The highest BCUT2D eigenvalue weighted by atomic mass is 32.2. The first kappa shape index (κ1) is 16.6. The summed E-state index contributed by atoms with van der Waals surface area (Å²) in [5.74, 6) is 2.73. The molecule has 1 rings (SSSR count). The van der Waals surface area contributed by atoms with E-state index in [2.05, 4.69) is 11.8 Å². The standard InChI is InChI=1S/C13H16F2N2O2S/c1-9(2)17(3)20(18,19)13-10(5-4-6-16)7-11(14)8-12(13)15/h7-9H,6,16H2,1-3H3. The third-order valence-corrected chi connectivity index (χ3v) is 4.81. The third kappa shape index (κ3) is 3.33. The van der Waals surface area contributed by atoms with Gasteiger partial charge in [-0.05, 0) is 19.9 Å². The molecule has 7 heteroatoms. The molecule has 0 radical (unpaired) electrons. The van der Waals surface area contributed by atoms with Crippen molar-refractivity contribution in [2.75, 3.05) is 13.6 Å². The first-order valence-electron chi connectivity index (χ1n) is 5.87. The molecule has 0 atom stereocenters. The maximum Gasteiger partial charge on any atom is 0.247 e. The Balaban J connectivity index is 3.59. The fraction of sp³-hybridized carbons (Fsp3) is 0.385. The van der Waals surface area contributed by atoms with Crippen LogP contribution in [0, 0.1) is 23.5 Å². The van der Waals surface area contributed by atoms with Crippen molar-refractivity contribution in [2.45, 2.75) is 24.8 Å². The van der Waals surface area contributed by atoms with Crippen LogP contribution in [-0.4, -0.2) is 32.4 Å². The maximum atomic E-state index is 13.9. The van der Waals surface area contributed by atoms with E-state index < -0.39 is 26.6 Å². The van der Waals surface area contributed by atoms with Gasteiger partial charge in [-0.3, -0.25) is 0 Å². The zero-order valence-electron chi connectivity index (χ0n) is 11.4. The molecule has 2 N–H and O–H groups in total. The van der Waals surface area contributed by atoms with Crippen molar-refractivity contribution in [3.05, 3.63) is 29.3 Å². The predicted octanol–water partition coefficient (Wildman–Crippen LogP) is 1.30. The van der Waals surface area contributed by atoms with Crippen molar-refractivity contribution in [3.63, 3.8) is 0 Å². The highest BCUT2D eigenvalue weighted by Crippen LogP contribution is 2.24. The molecule has 0 fully saturated rings. The van der Waals surface area contributed by atoms with E-state index in [0.29, 0.717) is 6.07 Å². The first-order chi connectivity index (χ1) is 9.21. The summed E-state index contributed by atoms with van der Waals surface area (Å²) in [4.78, 5) is -0.629. The molecule has 1 aromatic carbocycles. The van der Waals surface area contributed by atoms with Crippen LogP contribution in [0.5, 0.6) is 0 Å². The zero-order chi connectivity index (χ0) is 15.5. The lowest BCUT2D eigenvalue weighted by Gasteiger charge is -2.22. The monoisotopic (exact) mass is 302 g/mol. The second-order valence-corrected chi connectivity index (χ2v) is 6.32. The third-order valence-electron chi connectivity index (χ3n) is 2.70. The van der Waals surface area contributed by atoms with Gasteiger partial charge in [-0.1, -0.05) is 11.8 Å². The summed E-state index contributed by atoms with van der Waals surface area (Å²) >= 11 is 0. The Hall–Kier alpha value is -1.49. The predicted molar refractivity (Wildman–Crippen MR) is 72.4 cm³/mol. The highest BCUT2D eigenvalue weighted by molar-refractivity contribution is 7.89. The van der Waals surface area contributed by atoms with E-state index in [4.69, 9.17) is 5.73 Å². The van der Waals surface area contributed by atoms with E-state index in [1.807, 2.05) is 0 Å². The summed E-state index contributed by atoms with van der Waals surface area (Å²) in [7, 11) is -2.78. The number of nitrogens with zero attached hydrogens (tertiary/aromatic N) is 1. The molecule has 0 aliphatic rings. The van der Waals surface area contributed by atoms with E-state index in [1.165, 1.54) is 7.05 Å². The molecular formula is C13H16F2N2O2S. The second kappa shape index (κ2) is 6.31. The molecule has 0 aromatic heterocycles. The minimum atomic E-state index is -4.10. The van der Waals surface area contributed by atoms with E-state index in [9.17, 15) is 17.2 Å². The van der Waals surface area contributed by atoms with E-state index in [0.717, 1.165) is 10.4 Å². The number of hydrogen-bond donors (Lipinski definition) is 1. The Morgan fingerprint density at radius 2 is 1.95 bits per heavy atom. The number of sulfonamides is 1. The Morgan fingerprint density at radius 3 is 2.45 bits per heavy atom. The van der Waals surface area contributed by atoms with Gasteiger partial charge >= 0.3 is 0 Å². The van der Waals surface area contributed by atoms with Gasteiger partial charge in [0.05, 0.1) is 12.1 Å². The van der Waals surface area contributed by atoms with Crippen LogP contribution in [0.25, 0.3) is 0 Å². The van der Waals surface area contributed by atoms with Crippen molar-refractivity contribution < 1.29 is 17.2 Å². The van der Waals surface area contributed by atoms with Crippen LogP contribution in [0.15, 0.2) is 17.0 Å². The van der Waals surface area contributed by atoms with Gasteiger partial charge in [0.15, 0.2) is 0 Å². The topological polar surface area (TPSA) is 63.4 Å². The number of hydrogen-bond acceptors (Lipinski definition) is 3. The molecule has 110 valence electrons. The molecule has 4 nitrogen and oxygen atoms in total. The lowest BCUT2D eigenvalue weighted by Crippen LogP contribution is -2.34. The molecule has 0 saturated carbocycles. The van der Waals surface area contributed by atoms with E-state index >= 15 is 0 Å². The average molecular weight is 302 g/mol. The van der Waals surface area contributed by atoms with Crippen LogP contribution in [0.2, 0.25) is 0 Å². The smallest absolute Gasteiger partial charge is 0.247 e. The Bertz CT molecular complexity index is 661. The van der Waals surface area contributed by atoms with Crippen molar-refractivity contribution in [3.8, 4) is 11.8 Å².